The third-order valence-corrected chi connectivity index (χ3v) is 8.92. The standard InChI is InChI=1S/C30H27O10S2.3Na/c1-16-6-23-9-18-5-3-4-17(27(18)31)8-19-12-25(41(34,35)36)13-20(28(19)32)10-21-14-26(42(37,38)39)15-22(29(21)33)11-24(7-16)30(23)40-2;;;/h4-7,12-15,31-33H,8-11H2,1-2H3,(H,34,35,36)(H,37,38,39);;;/q-1;3*+1/p-2. The first-order valence-electron chi connectivity index (χ1n) is 12.6. The summed E-state index contributed by atoms with van der Waals surface area (Å²) in [5.41, 5.74) is 2.62. The smallest absolute Gasteiger partial charge is 0.744 e. The van der Waals surface area contributed by atoms with Crippen LogP contribution in [0.3, 0.4) is 0 Å². The van der Waals surface area contributed by atoms with Gasteiger partial charge in [0.15, 0.2) is 0 Å². The predicted molar refractivity (Wildman–Crippen MR) is 148 cm³/mol. The van der Waals surface area contributed by atoms with Crippen LogP contribution in [0.15, 0.2) is 58.3 Å². The molecule has 4 aromatic rings. The molecule has 0 spiro atoms. The molecule has 0 saturated heterocycles. The average molecular weight is 679 g/mol. The summed E-state index contributed by atoms with van der Waals surface area (Å²) in [4.78, 5) is -1.31. The maximum absolute atomic E-state index is 12.1. The zero-order valence-corrected chi connectivity index (χ0v) is 33.1. The third-order valence-electron chi connectivity index (χ3n) is 7.30. The van der Waals surface area contributed by atoms with Crippen molar-refractivity contribution in [3.8, 4) is 23.0 Å². The average Bonchev–Trinajstić information content (AvgIpc) is 2.88. The molecule has 15 heteroatoms. The van der Waals surface area contributed by atoms with Crippen LogP contribution in [0.2, 0.25) is 0 Å². The largest absolute Gasteiger partial charge is 1.00 e. The van der Waals surface area contributed by atoms with E-state index in [0.717, 1.165) is 29.8 Å². The molecule has 0 atom stereocenters. The molecule has 45 heavy (non-hydrogen) atoms. The van der Waals surface area contributed by atoms with Gasteiger partial charge < -0.3 is 29.2 Å². The van der Waals surface area contributed by atoms with E-state index < -0.39 is 42.2 Å². The minimum absolute atomic E-state index is 0. The zero-order chi connectivity index (χ0) is 30.6. The van der Waals surface area contributed by atoms with Crippen molar-refractivity contribution in [2.24, 2.45) is 0 Å². The summed E-state index contributed by atoms with van der Waals surface area (Å²) in [6.45, 7) is 1.84. The monoisotopic (exact) mass is 678 g/mol. The van der Waals surface area contributed by atoms with E-state index in [4.69, 9.17) is 4.74 Å². The van der Waals surface area contributed by atoms with Crippen molar-refractivity contribution in [3.63, 3.8) is 0 Å². The molecule has 0 unspecified atom stereocenters. The fourth-order valence-corrected chi connectivity index (χ4v) is 6.56. The molecular weight excluding hydrogens is 653 g/mol. The summed E-state index contributed by atoms with van der Waals surface area (Å²) in [6.07, 6.45) is -0.517. The number of aryl methyl sites for hydroxylation is 1. The van der Waals surface area contributed by atoms with Crippen molar-refractivity contribution in [3.05, 3.63) is 105 Å². The molecule has 0 fully saturated rings. The minimum atomic E-state index is -5.02. The van der Waals surface area contributed by atoms with Gasteiger partial charge in [-0.25, -0.2) is 16.8 Å². The van der Waals surface area contributed by atoms with Gasteiger partial charge in [0.05, 0.1) is 16.9 Å². The summed E-state index contributed by atoms with van der Waals surface area (Å²) < 4.78 is 78.1. The van der Waals surface area contributed by atoms with Crippen LogP contribution in [0, 0.1) is 13.0 Å². The number of rotatable bonds is 3. The van der Waals surface area contributed by atoms with Gasteiger partial charge in [-0.3, -0.25) is 0 Å². The Morgan fingerprint density at radius 2 is 0.911 bits per heavy atom. The topological polar surface area (TPSA) is 184 Å². The number of phenolic OH excluding ortho intramolecular Hbond substituents is 3. The second-order valence-electron chi connectivity index (χ2n) is 10.3. The number of benzene rings is 4. The SMILES string of the molecule is COc1c2cc(C)cc1Cc1cc(S(=O)(=O)[O-])cc(c1O)Cc1cc(S(=O)(=O)[O-])cc(c1O)Cc1c[c-]cc(c1O)C2.[Na+].[Na+].[Na+]. The van der Waals surface area contributed by atoms with E-state index in [9.17, 15) is 41.3 Å². The Labute approximate surface area is 328 Å². The number of phenols is 3. The van der Waals surface area contributed by atoms with Crippen LogP contribution in [0.4, 0.5) is 0 Å². The van der Waals surface area contributed by atoms with Gasteiger partial charge in [-0.15, -0.1) is 11.1 Å². The van der Waals surface area contributed by atoms with Crippen LogP contribution in [0.1, 0.15) is 50.1 Å². The Hall–Kier alpha value is -1.10. The fraction of sp³-hybridized carbons (Fsp3) is 0.200. The summed E-state index contributed by atoms with van der Waals surface area (Å²) in [5, 5.41) is 33.6. The molecule has 0 saturated carbocycles. The molecular formula is C30H25Na3O10S2. The summed E-state index contributed by atoms with van der Waals surface area (Å²) in [7, 11) is -8.57. The maximum Gasteiger partial charge on any atom is 1.00 e. The number of methoxy groups -OCH3 is 1. The van der Waals surface area contributed by atoms with E-state index in [-0.39, 0.29) is 147 Å². The molecule has 10 nitrogen and oxygen atoms in total. The van der Waals surface area contributed by atoms with Crippen molar-refractivity contribution in [2.45, 2.75) is 42.4 Å². The van der Waals surface area contributed by atoms with Gasteiger partial charge in [-0.05, 0) is 77.4 Å². The van der Waals surface area contributed by atoms with Crippen molar-refractivity contribution < 1.29 is 135 Å². The Balaban J connectivity index is 0.00000235. The number of ether oxygens (including phenoxy) is 1. The Bertz CT molecular complexity index is 1980. The molecule has 0 aliphatic heterocycles. The fourth-order valence-electron chi connectivity index (χ4n) is 5.41. The number of hydrogen-bond donors (Lipinski definition) is 3. The van der Waals surface area contributed by atoms with Crippen LogP contribution in [-0.2, 0) is 45.9 Å². The van der Waals surface area contributed by atoms with Crippen LogP contribution in [0.25, 0.3) is 0 Å². The Morgan fingerprint density at radius 3 is 1.27 bits per heavy atom. The molecule has 0 radical (unpaired) electrons. The molecule has 1 aliphatic carbocycles. The van der Waals surface area contributed by atoms with E-state index in [1.54, 1.807) is 12.1 Å². The van der Waals surface area contributed by atoms with Gasteiger partial charge in [0.1, 0.15) is 37.5 Å². The summed E-state index contributed by atoms with van der Waals surface area (Å²) >= 11 is 0. The zero-order valence-electron chi connectivity index (χ0n) is 25.5. The Morgan fingerprint density at radius 1 is 0.600 bits per heavy atom. The van der Waals surface area contributed by atoms with E-state index in [1.165, 1.54) is 13.2 Å². The third kappa shape index (κ3) is 8.69. The number of aromatic hydroxyl groups is 3. The van der Waals surface area contributed by atoms with E-state index >= 15 is 0 Å². The van der Waals surface area contributed by atoms with Gasteiger partial charge in [-0.1, -0.05) is 17.7 Å². The van der Waals surface area contributed by atoms with E-state index in [1.807, 2.05) is 13.0 Å². The summed E-state index contributed by atoms with van der Waals surface area (Å²) in [5.74, 6) is -0.496. The normalized spacial score (nSPS) is 12.6. The van der Waals surface area contributed by atoms with E-state index in [2.05, 4.69) is 6.07 Å². The second kappa shape index (κ2) is 15.4. The van der Waals surface area contributed by atoms with Gasteiger partial charge >= 0.3 is 88.7 Å². The van der Waals surface area contributed by atoms with Gasteiger partial charge in [0, 0.05) is 18.6 Å². The molecule has 3 N–H and O–H groups in total. The first-order valence-corrected chi connectivity index (χ1v) is 15.5. The predicted octanol–water partition coefficient (Wildman–Crippen LogP) is -5.58. The molecule has 4 aromatic carbocycles. The van der Waals surface area contributed by atoms with Crippen molar-refractivity contribution >= 4 is 20.2 Å². The first-order chi connectivity index (χ1) is 19.7. The Kier molecular flexibility index (Phi) is 13.7. The number of hydrogen-bond acceptors (Lipinski definition) is 10. The number of fused-ring (bicyclic) bond motifs is 8. The molecule has 220 valence electrons. The molecule has 0 aromatic heterocycles. The van der Waals surface area contributed by atoms with Gasteiger partial charge in [-0.2, -0.15) is 18.2 Å². The van der Waals surface area contributed by atoms with Gasteiger partial charge in [0.25, 0.3) is 0 Å². The molecule has 1 aliphatic rings. The molecule has 0 heterocycles. The molecule has 5 rings (SSSR count). The van der Waals surface area contributed by atoms with Crippen LogP contribution < -0.4 is 93.4 Å². The quantitative estimate of drug-likeness (QED) is 0.0945. The minimum Gasteiger partial charge on any atom is -0.744 e. The maximum atomic E-state index is 12.1. The van der Waals surface area contributed by atoms with Gasteiger partial charge in [0.2, 0.25) is 0 Å². The molecule has 0 amide bonds. The summed E-state index contributed by atoms with van der Waals surface area (Å²) in [6, 6.07) is 13.6. The first kappa shape index (κ1) is 40.1. The van der Waals surface area contributed by atoms with Crippen LogP contribution in [0.5, 0.6) is 23.0 Å². The molecule has 8 bridgehead atoms. The van der Waals surface area contributed by atoms with Crippen molar-refractivity contribution in [1.29, 1.82) is 0 Å². The van der Waals surface area contributed by atoms with E-state index in [0.29, 0.717) is 22.4 Å². The van der Waals surface area contributed by atoms with Crippen LogP contribution >= 0.6 is 0 Å². The van der Waals surface area contributed by atoms with Crippen molar-refractivity contribution in [1.82, 2.24) is 0 Å². The second-order valence-corrected chi connectivity index (χ2v) is 13.0. The van der Waals surface area contributed by atoms with Crippen LogP contribution in [-0.4, -0.2) is 48.4 Å². The van der Waals surface area contributed by atoms with Crippen molar-refractivity contribution in [2.75, 3.05) is 7.11 Å².